The second-order valence-electron chi connectivity index (χ2n) is 5.49. The van der Waals surface area contributed by atoms with Crippen molar-refractivity contribution in [2.75, 3.05) is 11.9 Å². The summed E-state index contributed by atoms with van der Waals surface area (Å²) >= 11 is 0. The van der Waals surface area contributed by atoms with Gasteiger partial charge in [0.2, 0.25) is 0 Å². The van der Waals surface area contributed by atoms with Crippen molar-refractivity contribution < 1.29 is 0 Å². The number of hydrogen-bond donors (Lipinski definition) is 1. The zero-order chi connectivity index (χ0) is 13.9. The first-order valence-electron chi connectivity index (χ1n) is 7.08. The Morgan fingerprint density at radius 2 is 2.20 bits per heavy atom. The topological polar surface area (TPSA) is 46.0 Å². The second kappa shape index (κ2) is 5.63. The predicted octanol–water partition coefficient (Wildman–Crippen LogP) is 1.70. The molecule has 20 heavy (non-hydrogen) atoms. The quantitative estimate of drug-likeness (QED) is 0.868. The van der Waals surface area contributed by atoms with Crippen molar-refractivity contribution in [2.45, 2.75) is 32.0 Å². The highest BCUT2D eigenvalue weighted by molar-refractivity contribution is 5.40. The van der Waals surface area contributed by atoms with Gasteiger partial charge in [0.25, 0.3) is 0 Å². The highest BCUT2D eigenvalue weighted by Gasteiger charge is 2.20. The minimum absolute atomic E-state index is 0.733. The summed E-state index contributed by atoms with van der Waals surface area (Å²) in [4.78, 5) is 10.9. The molecule has 1 aliphatic carbocycles. The summed E-state index contributed by atoms with van der Waals surface area (Å²) in [7, 11) is 4.06. The minimum atomic E-state index is 0.733. The SMILES string of the molecule is CN(Cc1nccn1C)c1cc(CNC2CC2)ccn1. The van der Waals surface area contributed by atoms with Crippen LogP contribution in [0.25, 0.3) is 0 Å². The van der Waals surface area contributed by atoms with Crippen LogP contribution in [0.4, 0.5) is 5.82 Å². The number of pyridine rings is 1. The van der Waals surface area contributed by atoms with Crippen molar-refractivity contribution in [3.63, 3.8) is 0 Å². The first-order valence-corrected chi connectivity index (χ1v) is 7.08. The predicted molar refractivity (Wildman–Crippen MR) is 79.4 cm³/mol. The van der Waals surface area contributed by atoms with E-state index in [0.29, 0.717) is 0 Å². The summed E-state index contributed by atoms with van der Waals surface area (Å²) in [6, 6.07) is 4.96. The van der Waals surface area contributed by atoms with E-state index in [1.165, 1.54) is 18.4 Å². The number of nitrogens with zero attached hydrogens (tertiary/aromatic N) is 4. The third-order valence-corrected chi connectivity index (χ3v) is 3.67. The fourth-order valence-electron chi connectivity index (χ4n) is 2.17. The molecule has 0 spiro atoms. The molecule has 0 atom stereocenters. The Balaban J connectivity index is 1.65. The van der Waals surface area contributed by atoms with Gasteiger partial charge in [0.1, 0.15) is 11.6 Å². The van der Waals surface area contributed by atoms with E-state index in [-0.39, 0.29) is 0 Å². The molecule has 1 fully saturated rings. The molecule has 0 amide bonds. The molecule has 0 aliphatic heterocycles. The van der Waals surface area contributed by atoms with Gasteiger partial charge >= 0.3 is 0 Å². The van der Waals surface area contributed by atoms with Crippen LogP contribution < -0.4 is 10.2 Å². The van der Waals surface area contributed by atoms with Gasteiger partial charge in [-0.15, -0.1) is 0 Å². The van der Waals surface area contributed by atoms with Crippen LogP contribution in [0.5, 0.6) is 0 Å². The third-order valence-electron chi connectivity index (χ3n) is 3.67. The van der Waals surface area contributed by atoms with Crippen molar-refractivity contribution in [1.82, 2.24) is 19.9 Å². The van der Waals surface area contributed by atoms with E-state index in [1.54, 1.807) is 0 Å². The second-order valence-corrected chi connectivity index (χ2v) is 5.49. The van der Waals surface area contributed by atoms with Crippen LogP contribution in [-0.2, 0) is 20.1 Å². The number of aromatic nitrogens is 3. The highest BCUT2D eigenvalue weighted by atomic mass is 15.2. The lowest BCUT2D eigenvalue weighted by molar-refractivity contribution is 0.686. The molecule has 2 aromatic rings. The van der Waals surface area contributed by atoms with Gasteiger partial charge in [-0.3, -0.25) is 0 Å². The average molecular weight is 271 g/mol. The van der Waals surface area contributed by atoms with Gasteiger partial charge in [-0.05, 0) is 30.5 Å². The lowest BCUT2D eigenvalue weighted by Gasteiger charge is -2.18. The smallest absolute Gasteiger partial charge is 0.128 e. The average Bonchev–Trinajstić information content (AvgIpc) is 3.21. The summed E-state index contributed by atoms with van der Waals surface area (Å²) in [5.41, 5.74) is 1.29. The molecule has 5 heteroatoms. The highest BCUT2D eigenvalue weighted by Crippen LogP contribution is 2.20. The maximum atomic E-state index is 4.45. The van der Waals surface area contributed by atoms with Gasteiger partial charge in [-0.2, -0.15) is 0 Å². The molecule has 2 aromatic heterocycles. The Kier molecular flexibility index (Phi) is 3.69. The standard InChI is InChI=1S/C15H21N5/c1-19-8-7-17-15(19)11-20(2)14-9-12(5-6-16-14)10-18-13-3-4-13/h5-9,13,18H,3-4,10-11H2,1-2H3. The lowest BCUT2D eigenvalue weighted by Crippen LogP contribution is -2.21. The maximum absolute atomic E-state index is 4.45. The lowest BCUT2D eigenvalue weighted by atomic mass is 10.2. The summed E-state index contributed by atoms with van der Waals surface area (Å²) in [6.45, 7) is 1.69. The molecule has 0 bridgehead atoms. The van der Waals surface area contributed by atoms with E-state index in [2.05, 4.69) is 39.4 Å². The molecule has 0 radical (unpaired) electrons. The number of aryl methyl sites for hydroxylation is 1. The normalized spacial score (nSPS) is 14.5. The van der Waals surface area contributed by atoms with Crippen LogP contribution in [0.1, 0.15) is 24.2 Å². The van der Waals surface area contributed by atoms with Crippen molar-refractivity contribution in [1.29, 1.82) is 0 Å². The Bertz CT molecular complexity index is 573. The molecule has 0 aromatic carbocycles. The van der Waals surface area contributed by atoms with Crippen molar-refractivity contribution in [3.05, 3.63) is 42.1 Å². The van der Waals surface area contributed by atoms with Crippen LogP contribution in [0.3, 0.4) is 0 Å². The van der Waals surface area contributed by atoms with E-state index in [4.69, 9.17) is 0 Å². The summed E-state index contributed by atoms with van der Waals surface area (Å²) < 4.78 is 2.04. The fourth-order valence-corrected chi connectivity index (χ4v) is 2.17. The summed E-state index contributed by atoms with van der Waals surface area (Å²) in [5, 5.41) is 3.53. The molecule has 0 saturated heterocycles. The van der Waals surface area contributed by atoms with Gasteiger partial charge < -0.3 is 14.8 Å². The Labute approximate surface area is 119 Å². The molecular weight excluding hydrogens is 250 g/mol. The van der Waals surface area contributed by atoms with E-state index in [1.807, 2.05) is 30.2 Å². The molecular formula is C15H21N5. The monoisotopic (exact) mass is 271 g/mol. The van der Waals surface area contributed by atoms with Gasteiger partial charge in [0.05, 0.1) is 6.54 Å². The Morgan fingerprint density at radius 1 is 1.35 bits per heavy atom. The van der Waals surface area contributed by atoms with E-state index < -0.39 is 0 Å². The Hall–Kier alpha value is -1.88. The third kappa shape index (κ3) is 3.17. The van der Waals surface area contributed by atoms with Crippen LogP contribution in [0.15, 0.2) is 30.7 Å². The van der Waals surface area contributed by atoms with Crippen molar-refractivity contribution >= 4 is 5.82 Å². The van der Waals surface area contributed by atoms with Gasteiger partial charge in [-0.1, -0.05) is 0 Å². The van der Waals surface area contributed by atoms with E-state index in [0.717, 1.165) is 30.8 Å². The molecule has 3 rings (SSSR count). The van der Waals surface area contributed by atoms with Gasteiger partial charge in [0.15, 0.2) is 0 Å². The van der Waals surface area contributed by atoms with Gasteiger partial charge in [-0.25, -0.2) is 9.97 Å². The molecule has 2 heterocycles. The van der Waals surface area contributed by atoms with Crippen molar-refractivity contribution in [2.24, 2.45) is 7.05 Å². The molecule has 1 N–H and O–H groups in total. The summed E-state index contributed by atoms with van der Waals surface area (Å²) in [5.74, 6) is 2.03. The largest absolute Gasteiger partial charge is 0.352 e. The first-order chi connectivity index (χ1) is 9.72. The van der Waals surface area contributed by atoms with Crippen LogP contribution in [0.2, 0.25) is 0 Å². The maximum Gasteiger partial charge on any atom is 0.128 e. The Morgan fingerprint density at radius 3 is 2.90 bits per heavy atom. The van der Waals surface area contributed by atoms with E-state index in [9.17, 15) is 0 Å². The molecule has 5 nitrogen and oxygen atoms in total. The number of hydrogen-bond acceptors (Lipinski definition) is 4. The van der Waals surface area contributed by atoms with Crippen LogP contribution in [0, 0.1) is 0 Å². The van der Waals surface area contributed by atoms with E-state index >= 15 is 0 Å². The number of rotatable bonds is 6. The number of imidazole rings is 1. The van der Waals surface area contributed by atoms with Crippen molar-refractivity contribution in [3.8, 4) is 0 Å². The first kappa shape index (κ1) is 13.1. The van der Waals surface area contributed by atoms with Gasteiger partial charge in [0, 0.05) is 45.3 Å². The van der Waals surface area contributed by atoms with Crippen LogP contribution in [-0.4, -0.2) is 27.6 Å². The number of nitrogens with one attached hydrogen (secondary N) is 1. The molecule has 1 aliphatic rings. The zero-order valence-corrected chi connectivity index (χ0v) is 12.1. The summed E-state index contributed by atoms with van der Waals surface area (Å²) in [6.07, 6.45) is 8.31. The molecule has 106 valence electrons. The van der Waals surface area contributed by atoms with Crippen LogP contribution >= 0.6 is 0 Å². The number of anilines is 1. The fraction of sp³-hybridized carbons (Fsp3) is 0.467. The molecule has 0 unspecified atom stereocenters. The zero-order valence-electron chi connectivity index (χ0n) is 12.1. The minimum Gasteiger partial charge on any atom is -0.352 e. The molecule has 1 saturated carbocycles.